The van der Waals surface area contributed by atoms with Gasteiger partial charge in [0.1, 0.15) is 18.4 Å². The molecule has 0 saturated heterocycles. The molecule has 0 spiro atoms. The van der Waals surface area contributed by atoms with E-state index in [0.717, 1.165) is 22.3 Å². The summed E-state index contributed by atoms with van der Waals surface area (Å²) in [5, 5.41) is 12.3. The molecule has 2 N–H and O–H groups in total. The molecule has 0 saturated carbocycles. The second-order valence-corrected chi connectivity index (χ2v) is 7.93. The molecule has 0 heterocycles. The summed E-state index contributed by atoms with van der Waals surface area (Å²) in [5.41, 5.74) is 4.31. The number of carbonyl (C=O) groups excluding carboxylic acids is 1. The summed E-state index contributed by atoms with van der Waals surface area (Å²) in [4.78, 5) is 24.5. The van der Waals surface area contributed by atoms with E-state index in [1.54, 1.807) is 24.3 Å². The first kappa shape index (κ1) is 22.8. The summed E-state index contributed by atoms with van der Waals surface area (Å²) in [6.45, 7) is 0.455. The van der Waals surface area contributed by atoms with Crippen LogP contribution in [0.15, 0.2) is 109 Å². The average molecular weight is 452 g/mol. The summed E-state index contributed by atoms with van der Waals surface area (Å²) in [6.07, 6.45) is 0.169. The lowest BCUT2D eigenvalue weighted by molar-refractivity contribution is -0.139. The lowest BCUT2D eigenvalue weighted by atomic mass is 10.0. The molecule has 0 aliphatic rings. The third-order valence-electron chi connectivity index (χ3n) is 5.47. The van der Waals surface area contributed by atoms with E-state index in [2.05, 4.69) is 5.32 Å². The van der Waals surface area contributed by atoms with Gasteiger partial charge in [-0.05, 0) is 46.5 Å². The summed E-state index contributed by atoms with van der Waals surface area (Å²) >= 11 is 0. The van der Waals surface area contributed by atoms with Gasteiger partial charge in [-0.2, -0.15) is 0 Å². The van der Waals surface area contributed by atoms with Crippen LogP contribution < -0.4 is 10.1 Å². The first-order valence-electron chi connectivity index (χ1n) is 11.0. The van der Waals surface area contributed by atoms with Crippen LogP contribution in [0.3, 0.4) is 0 Å². The highest BCUT2D eigenvalue weighted by Crippen LogP contribution is 2.20. The van der Waals surface area contributed by atoms with Crippen molar-refractivity contribution in [2.45, 2.75) is 19.1 Å². The van der Waals surface area contributed by atoms with Gasteiger partial charge in [0.25, 0.3) is 5.91 Å². The molecule has 170 valence electrons. The number of nitrogens with one attached hydrogen (secondary N) is 1. The van der Waals surface area contributed by atoms with Gasteiger partial charge in [0.2, 0.25) is 0 Å². The maximum absolute atomic E-state index is 12.7. The van der Waals surface area contributed by atoms with Crippen LogP contribution in [0.1, 0.15) is 21.5 Å². The van der Waals surface area contributed by atoms with E-state index in [0.29, 0.717) is 17.9 Å². The van der Waals surface area contributed by atoms with Crippen molar-refractivity contribution in [2.75, 3.05) is 0 Å². The first-order valence-corrected chi connectivity index (χ1v) is 11.0. The van der Waals surface area contributed by atoms with Gasteiger partial charge in [-0.15, -0.1) is 0 Å². The maximum atomic E-state index is 12.7. The second kappa shape index (κ2) is 11.0. The van der Waals surface area contributed by atoms with Crippen molar-refractivity contribution in [1.29, 1.82) is 0 Å². The molecule has 0 aromatic heterocycles. The van der Waals surface area contributed by atoms with Crippen LogP contribution in [0.2, 0.25) is 0 Å². The van der Waals surface area contributed by atoms with Gasteiger partial charge < -0.3 is 15.2 Å². The number of carboxylic acid groups (broad SMARTS) is 1. The predicted octanol–water partition coefficient (Wildman–Crippen LogP) is 5.36. The molecule has 0 bridgehead atoms. The van der Waals surface area contributed by atoms with Crippen molar-refractivity contribution >= 4 is 11.9 Å². The molecular formula is C29H25NO4. The smallest absolute Gasteiger partial charge is 0.326 e. The Morgan fingerprint density at radius 2 is 1.29 bits per heavy atom. The fraction of sp³-hybridized carbons (Fsp3) is 0.103. The third-order valence-corrected chi connectivity index (χ3v) is 5.47. The Morgan fingerprint density at radius 3 is 1.91 bits per heavy atom. The summed E-state index contributed by atoms with van der Waals surface area (Å²) in [7, 11) is 0. The molecule has 0 unspecified atom stereocenters. The van der Waals surface area contributed by atoms with Crippen molar-refractivity contribution in [1.82, 2.24) is 5.32 Å². The number of hydrogen-bond donors (Lipinski definition) is 2. The molecule has 4 aromatic rings. The number of amides is 1. The fourth-order valence-electron chi connectivity index (χ4n) is 3.58. The summed E-state index contributed by atoms with van der Waals surface area (Å²) < 4.78 is 5.78. The standard InChI is InChI=1S/C29H25NO4/c31-28(25-15-13-24(14-16-25)23-9-5-2-6-10-23)30-27(29(32)33)19-21-11-17-26(18-12-21)34-20-22-7-3-1-4-8-22/h1-18,27H,19-20H2,(H,30,31)(H,32,33)/t27-/m0/s1. The van der Waals surface area contributed by atoms with Crippen molar-refractivity contribution in [3.63, 3.8) is 0 Å². The SMILES string of the molecule is O=C(N[C@@H](Cc1ccc(OCc2ccccc2)cc1)C(=O)O)c1ccc(-c2ccccc2)cc1. The number of carbonyl (C=O) groups is 2. The fourth-order valence-corrected chi connectivity index (χ4v) is 3.58. The molecule has 0 aliphatic heterocycles. The maximum Gasteiger partial charge on any atom is 0.326 e. The van der Waals surface area contributed by atoms with Crippen molar-refractivity contribution in [3.05, 3.63) is 126 Å². The molecular weight excluding hydrogens is 426 g/mol. The molecule has 5 nitrogen and oxygen atoms in total. The van der Waals surface area contributed by atoms with Gasteiger partial charge in [-0.25, -0.2) is 4.79 Å². The molecule has 0 fully saturated rings. The van der Waals surface area contributed by atoms with Gasteiger partial charge in [-0.3, -0.25) is 4.79 Å². The number of rotatable bonds is 9. The highest BCUT2D eigenvalue weighted by Gasteiger charge is 2.21. The van der Waals surface area contributed by atoms with Gasteiger partial charge in [0.05, 0.1) is 0 Å². The molecule has 4 aromatic carbocycles. The van der Waals surface area contributed by atoms with E-state index in [-0.39, 0.29) is 6.42 Å². The summed E-state index contributed by atoms with van der Waals surface area (Å²) in [6, 6.07) is 33.0. The van der Waals surface area contributed by atoms with E-state index >= 15 is 0 Å². The van der Waals surface area contributed by atoms with Crippen LogP contribution in [-0.4, -0.2) is 23.0 Å². The largest absolute Gasteiger partial charge is 0.489 e. The van der Waals surface area contributed by atoms with Crippen LogP contribution in [0.25, 0.3) is 11.1 Å². The molecule has 0 radical (unpaired) electrons. The molecule has 1 atom stereocenters. The molecule has 1 amide bonds. The van der Waals surface area contributed by atoms with Crippen molar-refractivity contribution in [2.24, 2.45) is 0 Å². The number of benzene rings is 4. The van der Waals surface area contributed by atoms with Gasteiger partial charge in [0, 0.05) is 12.0 Å². The summed E-state index contributed by atoms with van der Waals surface area (Å²) in [5.74, 6) is -0.810. The minimum Gasteiger partial charge on any atom is -0.489 e. The lowest BCUT2D eigenvalue weighted by Gasteiger charge is -2.15. The zero-order valence-corrected chi connectivity index (χ0v) is 18.6. The second-order valence-electron chi connectivity index (χ2n) is 7.93. The van der Waals surface area contributed by atoms with Crippen LogP contribution in [0, 0.1) is 0 Å². The van der Waals surface area contributed by atoms with Gasteiger partial charge >= 0.3 is 5.97 Å². The Balaban J connectivity index is 1.35. The number of hydrogen-bond acceptors (Lipinski definition) is 3. The van der Waals surface area contributed by atoms with Crippen LogP contribution in [0.4, 0.5) is 0 Å². The van der Waals surface area contributed by atoms with E-state index in [1.807, 2.05) is 84.9 Å². The van der Waals surface area contributed by atoms with Gasteiger partial charge in [-0.1, -0.05) is 84.9 Å². The minimum absolute atomic E-state index is 0.169. The van der Waals surface area contributed by atoms with Crippen molar-refractivity contribution in [3.8, 4) is 16.9 Å². The van der Waals surface area contributed by atoms with E-state index < -0.39 is 17.9 Å². The lowest BCUT2D eigenvalue weighted by Crippen LogP contribution is -2.42. The average Bonchev–Trinajstić information content (AvgIpc) is 2.89. The Labute approximate surface area is 198 Å². The van der Waals surface area contributed by atoms with Crippen LogP contribution >= 0.6 is 0 Å². The number of carboxylic acids is 1. The molecule has 0 aliphatic carbocycles. The van der Waals surface area contributed by atoms with E-state index in [1.165, 1.54) is 0 Å². The highest BCUT2D eigenvalue weighted by molar-refractivity contribution is 5.97. The van der Waals surface area contributed by atoms with Crippen molar-refractivity contribution < 1.29 is 19.4 Å². The van der Waals surface area contributed by atoms with Crippen LogP contribution in [-0.2, 0) is 17.8 Å². The monoisotopic (exact) mass is 451 g/mol. The zero-order valence-electron chi connectivity index (χ0n) is 18.6. The Morgan fingerprint density at radius 1 is 0.706 bits per heavy atom. The van der Waals surface area contributed by atoms with Crippen LogP contribution in [0.5, 0.6) is 5.75 Å². The number of aliphatic carboxylic acids is 1. The Hall–Kier alpha value is -4.38. The van der Waals surface area contributed by atoms with E-state index in [9.17, 15) is 14.7 Å². The van der Waals surface area contributed by atoms with Gasteiger partial charge in [0.15, 0.2) is 0 Å². The Kier molecular flexibility index (Phi) is 7.35. The zero-order chi connectivity index (χ0) is 23.8. The highest BCUT2D eigenvalue weighted by atomic mass is 16.5. The molecule has 34 heavy (non-hydrogen) atoms. The number of ether oxygens (including phenoxy) is 1. The topological polar surface area (TPSA) is 75.6 Å². The normalized spacial score (nSPS) is 11.4. The van der Waals surface area contributed by atoms with E-state index in [4.69, 9.17) is 4.74 Å². The minimum atomic E-state index is -1.08. The molecule has 4 rings (SSSR count). The first-order chi connectivity index (χ1) is 16.6. The predicted molar refractivity (Wildman–Crippen MR) is 132 cm³/mol. The molecule has 5 heteroatoms. The Bertz CT molecular complexity index is 1220. The third kappa shape index (κ3) is 6.11. The quantitative estimate of drug-likeness (QED) is 0.359.